The molecule has 0 aliphatic carbocycles. The van der Waals surface area contributed by atoms with Crippen molar-refractivity contribution in [1.29, 1.82) is 0 Å². The average Bonchev–Trinajstić information content (AvgIpc) is 2.49. The molecule has 3 aromatic rings. The quantitative estimate of drug-likeness (QED) is 0.466. The van der Waals surface area contributed by atoms with Gasteiger partial charge < -0.3 is 0 Å². The Balaban J connectivity index is 2.05. The number of aromatic nitrogens is 1. The number of ketones is 1. The Bertz CT molecular complexity index is 816. The molecule has 0 radical (unpaired) electrons. The van der Waals surface area contributed by atoms with Crippen LogP contribution in [0.4, 0.5) is 0 Å². The largest absolute Gasteiger partial charge is 0.289 e. The van der Waals surface area contributed by atoms with Crippen LogP contribution in [0.5, 0.6) is 0 Å². The molecular formula is C16H9ClINO. The lowest BCUT2D eigenvalue weighted by molar-refractivity contribution is 0.103. The van der Waals surface area contributed by atoms with Gasteiger partial charge in [-0.25, -0.2) is 0 Å². The van der Waals surface area contributed by atoms with Crippen LogP contribution in [0.2, 0.25) is 5.02 Å². The Morgan fingerprint density at radius 1 is 1.05 bits per heavy atom. The fourth-order valence-electron chi connectivity index (χ4n) is 2.02. The molecule has 2 nitrogen and oxygen atoms in total. The number of pyridine rings is 1. The predicted molar refractivity (Wildman–Crippen MR) is 89.3 cm³/mol. The van der Waals surface area contributed by atoms with Gasteiger partial charge in [0, 0.05) is 26.3 Å². The van der Waals surface area contributed by atoms with Gasteiger partial charge in [0.25, 0.3) is 0 Å². The molecule has 0 N–H and O–H groups in total. The third kappa shape index (κ3) is 2.55. The second kappa shape index (κ2) is 5.50. The lowest BCUT2D eigenvalue weighted by atomic mass is 10.0. The first kappa shape index (κ1) is 13.5. The predicted octanol–water partition coefficient (Wildman–Crippen LogP) is 4.72. The van der Waals surface area contributed by atoms with Crippen LogP contribution >= 0.6 is 34.2 Å². The van der Waals surface area contributed by atoms with E-state index in [-0.39, 0.29) is 5.78 Å². The Labute approximate surface area is 134 Å². The van der Waals surface area contributed by atoms with Gasteiger partial charge in [0.1, 0.15) is 0 Å². The highest BCUT2D eigenvalue weighted by Crippen LogP contribution is 2.22. The van der Waals surface area contributed by atoms with Gasteiger partial charge in [-0.1, -0.05) is 17.7 Å². The van der Waals surface area contributed by atoms with Gasteiger partial charge in [-0.2, -0.15) is 0 Å². The monoisotopic (exact) mass is 393 g/mol. The molecule has 0 saturated carbocycles. The van der Waals surface area contributed by atoms with Crippen LogP contribution in [0.1, 0.15) is 15.9 Å². The molecule has 0 fully saturated rings. The van der Waals surface area contributed by atoms with Crippen molar-refractivity contribution < 1.29 is 4.79 Å². The highest BCUT2D eigenvalue weighted by Gasteiger charge is 2.11. The molecule has 0 saturated heterocycles. The molecule has 0 unspecified atom stereocenters. The Morgan fingerprint density at radius 2 is 1.80 bits per heavy atom. The highest BCUT2D eigenvalue weighted by molar-refractivity contribution is 14.1. The molecule has 0 aliphatic rings. The van der Waals surface area contributed by atoms with Crippen LogP contribution in [-0.2, 0) is 0 Å². The minimum atomic E-state index is -0.0333. The first-order valence-electron chi connectivity index (χ1n) is 6.00. The van der Waals surface area contributed by atoms with E-state index in [0.717, 1.165) is 14.5 Å². The molecule has 20 heavy (non-hydrogen) atoms. The summed E-state index contributed by atoms with van der Waals surface area (Å²) in [5.74, 6) is -0.0333. The van der Waals surface area contributed by atoms with Crippen molar-refractivity contribution >= 4 is 50.9 Å². The fraction of sp³-hybridized carbons (Fsp3) is 0. The zero-order valence-corrected chi connectivity index (χ0v) is 13.2. The van der Waals surface area contributed by atoms with Crippen molar-refractivity contribution in [2.24, 2.45) is 0 Å². The number of carbonyl (C=O) groups is 1. The van der Waals surface area contributed by atoms with E-state index in [1.165, 1.54) is 0 Å². The summed E-state index contributed by atoms with van der Waals surface area (Å²) in [4.78, 5) is 16.7. The summed E-state index contributed by atoms with van der Waals surface area (Å²) in [5.41, 5.74) is 2.12. The molecule has 0 bridgehead atoms. The number of carbonyl (C=O) groups excluding carboxylic acids is 1. The lowest BCUT2D eigenvalue weighted by Gasteiger charge is -2.04. The second-order valence-corrected chi connectivity index (χ2v) is 5.94. The fourth-order valence-corrected chi connectivity index (χ4v) is 2.54. The molecule has 0 amide bonds. The number of benzene rings is 2. The maximum Gasteiger partial charge on any atom is 0.193 e. The van der Waals surface area contributed by atoms with Gasteiger partial charge >= 0.3 is 0 Å². The maximum atomic E-state index is 12.5. The van der Waals surface area contributed by atoms with E-state index in [0.29, 0.717) is 16.1 Å². The summed E-state index contributed by atoms with van der Waals surface area (Å²) in [6.07, 6.45) is 1.74. The summed E-state index contributed by atoms with van der Waals surface area (Å²) in [6, 6.07) is 14.7. The zero-order valence-electron chi connectivity index (χ0n) is 10.3. The van der Waals surface area contributed by atoms with Gasteiger partial charge in [0.15, 0.2) is 5.78 Å². The van der Waals surface area contributed by atoms with Gasteiger partial charge in [-0.3, -0.25) is 9.78 Å². The maximum absolute atomic E-state index is 12.5. The van der Waals surface area contributed by atoms with Crippen LogP contribution in [0, 0.1) is 3.57 Å². The van der Waals surface area contributed by atoms with Crippen molar-refractivity contribution in [2.75, 3.05) is 0 Å². The number of halogens is 2. The van der Waals surface area contributed by atoms with Crippen LogP contribution in [-0.4, -0.2) is 10.8 Å². The Morgan fingerprint density at radius 3 is 2.60 bits per heavy atom. The van der Waals surface area contributed by atoms with Crippen molar-refractivity contribution in [3.63, 3.8) is 0 Å². The zero-order chi connectivity index (χ0) is 14.1. The summed E-state index contributed by atoms with van der Waals surface area (Å²) >= 11 is 8.21. The van der Waals surface area contributed by atoms with Crippen LogP contribution in [0.15, 0.2) is 54.7 Å². The first-order valence-corrected chi connectivity index (χ1v) is 7.45. The average molecular weight is 394 g/mol. The number of nitrogens with zero attached hydrogens (tertiary/aromatic N) is 1. The van der Waals surface area contributed by atoms with Crippen molar-refractivity contribution in [3.05, 3.63) is 74.4 Å². The van der Waals surface area contributed by atoms with E-state index in [1.54, 1.807) is 24.4 Å². The van der Waals surface area contributed by atoms with Gasteiger partial charge in [0.2, 0.25) is 0 Å². The van der Waals surface area contributed by atoms with Crippen molar-refractivity contribution in [3.8, 4) is 0 Å². The third-order valence-electron chi connectivity index (χ3n) is 3.05. The molecule has 0 atom stereocenters. The number of fused-ring (bicyclic) bond motifs is 1. The lowest BCUT2D eigenvalue weighted by Crippen LogP contribution is -2.01. The van der Waals surface area contributed by atoms with E-state index in [2.05, 4.69) is 27.6 Å². The second-order valence-electron chi connectivity index (χ2n) is 4.37. The minimum Gasteiger partial charge on any atom is -0.289 e. The molecular weight excluding hydrogens is 385 g/mol. The van der Waals surface area contributed by atoms with Crippen molar-refractivity contribution in [2.45, 2.75) is 0 Å². The van der Waals surface area contributed by atoms with E-state index < -0.39 is 0 Å². The van der Waals surface area contributed by atoms with E-state index >= 15 is 0 Å². The van der Waals surface area contributed by atoms with Gasteiger partial charge in [-0.05, 0) is 65.1 Å². The topological polar surface area (TPSA) is 30.0 Å². The van der Waals surface area contributed by atoms with Crippen LogP contribution in [0.25, 0.3) is 10.9 Å². The minimum absolute atomic E-state index is 0.0333. The molecule has 0 aliphatic heterocycles. The van der Waals surface area contributed by atoms with E-state index in [1.807, 2.05) is 30.3 Å². The standard InChI is InChI=1S/C16H9ClINO/c17-13-9-12(3-5-14(13)18)16(20)11-4-6-15-10(8-11)2-1-7-19-15/h1-9H. The Kier molecular flexibility index (Phi) is 3.72. The summed E-state index contributed by atoms with van der Waals surface area (Å²) in [6.45, 7) is 0. The third-order valence-corrected chi connectivity index (χ3v) is 4.62. The van der Waals surface area contributed by atoms with Gasteiger partial charge in [0.05, 0.1) is 10.5 Å². The first-order chi connectivity index (χ1) is 9.65. The summed E-state index contributed by atoms with van der Waals surface area (Å²) in [5, 5.41) is 1.55. The molecule has 4 heteroatoms. The molecule has 0 spiro atoms. The molecule has 1 aromatic heterocycles. The van der Waals surface area contributed by atoms with Gasteiger partial charge in [-0.15, -0.1) is 0 Å². The molecule has 3 rings (SSSR count). The molecule has 1 heterocycles. The SMILES string of the molecule is O=C(c1ccc(I)c(Cl)c1)c1ccc2ncccc2c1. The normalized spacial score (nSPS) is 10.7. The number of rotatable bonds is 2. The summed E-state index contributed by atoms with van der Waals surface area (Å²) < 4.78 is 0.934. The van der Waals surface area contributed by atoms with E-state index in [4.69, 9.17) is 11.6 Å². The smallest absolute Gasteiger partial charge is 0.193 e. The Hall–Kier alpha value is -1.46. The van der Waals surface area contributed by atoms with E-state index in [9.17, 15) is 4.79 Å². The van der Waals surface area contributed by atoms with Crippen LogP contribution < -0.4 is 0 Å². The number of hydrogen-bond donors (Lipinski definition) is 0. The molecule has 98 valence electrons. The molecule has 2 aromatic carbocycles. The van der Waals surface area contributed by atoms with Crippen molar-refractivity contribution in [1.82, 2.24) is 4.98 Å². The van der Waals surface area contributed by atoms with Crippen LogP contribution in [0.3, 0.4) is 0 Å². The highest BCUT2D eigenvalue weighted by atomic mass is 127. The number of hydrogen-bond acceptors (Lipinski definition) is 2. The summed E-state index contributed by atoms with van der Waals surface area (Å²) in [7, 11) is 0.